The lowest BCUT2D eigenvalue weighted by molar-refractivity contribution is -0.131. The van der Waals surface area contributed by atoms with Crippen molar-refractivity contribution in [1.29, 1.82) is 0 Å². The van der Waals surface area contributed by atoms with Crippen LogP contribution in [0.15, 0.2) is 12.7 Å². The molecule has 0 aromatic rings. The minimum Gasteiger partial charge on any atom is -1.00 e. The molecule has 0 fully saturated rings. The van der Waals surface area contributed by atoms with Crippen molar-refractivity contribution < 1.29 is 22.3 Å². The van der Waals surface area contributed by atoms with Crippen molar-refractivity contribution in [1.82, 2.24) is 0 Å². The van der Waals surface area contributed by atoms with Crippen LogP contribution in [0.2, 0.25) is 0 Å². The largest absolute Gasteiger partial charge is 1.00 e. The van der Waals surface area contributed by atoms with Crippen LogP contribution in [0.5, 0.6) is 0 Å². The maximum Gasteiger partial charge on any atom is 0.327 e. The zero-order valence-electron chi connectivity index (χ0n) is 3.02. The Kier molecular flexibility index (Phi) is 6.82. The Morgan fingerprint density at radius 2 is 2.00 bits per heavy atom. The van der Waals surface area contributed by atoms with Gasteiger partial charge in [0.2, 0.25) is 0 Å². The SMILES string of the molecule is C=CC(=O)O.[Cl-]. The van der Waals surface area contributed by atoms with E-state index in [1.165, 1.54) is 0 Å². The molecule has 0 bridgehead atoms. The number of rotatable bonds is 1. The molecule has 0 aliphatic heterocycles. The molecule has 36 valence electrons. The van der Waals surface area contributed by atoms with Gasteiger partial charge in [-0.2, -0.15) is 0 Å². The fourth-order valence-electron chi connectivity index (χ4n) is 0. The zero-order valence-corrected chi connectivity index (χ0v) is 3.77. The average molecular weight is 108 g/mol. The van der Waals surface area contributed by atoms with Crippen LogP contribution in [0.1, 0.15) is 0 Å². The molecule has 3 heteroatoms. The van der Waals surface area contributed by atoms with E-state index in [1.54, 1.807) is 0 Å². The molecule has 0 rings (SSSR count). The first-order valence-corrected chi connectivity index (χ1v) is 1.12. The maximum atomic E-state index is 9.25. The second-order valence-electron chi connectivity index (χ2n) is 0.542. The molecule has 0 saturated carbocycles. The van der Waals surface area contributed by atoms with Crippen molar-refractivity contribution >= 4 is 5.97 Å². The van der Waals surface area contributed by atoms with Gasteiger partial charge in [-0.1, -0.05) is 6.58 Å². The van der Waals surface area contributed by atoms with Crippen molar-refractivity contribution in [2.45, 2.75) is 0 Å². The number of carboxylic acids is 1. The highest BCUT2D eigenvalue weighted by Gasteiger charge is 1.73. The Labute approximate surface area is 41.9 Å². The molecule has 0 unspecified atom stereocenters. The molecule has 0 aromatic carbocycles. The predicted molar refractivity (Wildman–Crippen MR) is 17.8 cm³/mol. The van der Waals surface area contributed by atoms with E-state index in [-0.39, 0.29) is 12.4 Å². The van der Waals surface area contributed by atoms with E-state index < -0.39 is 5.97 Å². The van der Waals surface area contributed by atoms with Crippen LogP contribution in [0.4, 0.5) is 0 Å². The molecule has 0 aliphatic carbocycles. The fraction of sp³-hybridized carbons (Fsp3) is 0. The van der Waals surface area contributed by atoms with Gasteiger partial charge in [-0.15, -0.1) is 0 Å². The predicted octanol–water partition coefficient (Wildman–Crippen LogP) is -2.74. The second-order valence-corrected chi connectivity index (χ2v) is 0.542. The van der Waals surface area contributed by atoms with Gasteiger partial charge in [-0.05, 0) is 0 Å². The van der Waals surface area contributed by atoms with Gasteiger partial charge < -0.3 is 17.5 Å². The van der Waals surface area contributed by atoms with Gasteiger partial charge in [0, 0.05) is 6.08 Å². The van der Waals surface area contributed by atoms with Crippen LogP contribution >= 0.6 is 0 Å². The van der Waals surface area contributed by atoms with Crippen molar-refractivity contribution in [3.63, 3.8) is 0 Å². The first-order valence-electron chi connectivity index (χ1n) is 1.12. The number of hydrogen-bond donors (Lipinski definition) is 1. The first kappa shape index (κ1) is 9.09. The molecule has 1 N–H and O–H groups in total. The van der Waals surface area contributed by atoms with E-state index in [0.29, 0.717) is 0 Å². The minimum absolute atomic E-state index is 0. The van der Waals surface area contributed by atoms with Crippen LogP contribution in [0.3, 0.4) is 0 Å². The molecular weight excluding hydrogens is 103 g/mol. The topological polar surface area (TPSA) is 37.3 Å². The van der Waals surface area contributed by atoms with Gasteiger partial charge in [-0.25, -0.2) is 4.79 Å². The van der Waals surface area contributed by atoms with E-state index in [9.17, 15) is 4.79 Å². The summed E-state index contributed by atoms with van der Waals surface area (Å²) in [6.07, 6.45) is 0.833. The zero-order chi connectivity index (χ0) is 4.28. The van der Waals surface area contributed by atoms with Gasteiger partial charge in [0.15, 0.2) is 0 Å². The molecule has 0 aliphatic rings. The van der Waals surface area contributed by atoms with Crippen molar-refractivity contribution in [2.24, 2.45) is 0 Å². The number of halogens is 1. The molecular formula is C3H4ClO2-. The Morgan fingerprint density at radius 3 is 2.00 bits per heavy atom. The normalized spacial score (nSPS) is 5.33. The molecule has 0 atom stereocenters. The summed E-state index contributed by atoms with van der Waals surface area (Å²) >= 11 is 0. The van der Waals surface area contributed by atoms with E-state index >= 15 is 0 Å². The maximum absolute atomic E-state index is 9.25. The van der Waals surface area contributed by atoms with E-state index in [4.69, 9.17) is 5.11 Å². The summed E-state index contributed by atoms with van der Waals surface area (Å²) in [5.41, 5.74) is 0. The van der Waals surface area contributed by atoms with E-state index in [0.717, 1.165) is 6.08 Å². The first-order chi connectivity index (χ1) is 2.27. The Bertz CT molecular complexity index is 59.8. The van der Waals surface area contributed by atoms with Crippen molar-refractivity contribution in [3.8, 4) is 0 Å². The third-order valence-corrected chi connectivity index (χ3v) is 0.175. The molecule has 0 spiro atoms. The summed E-state index contributed by atoms with van der Waals surface area (Å²) < 4.78 is 0. The number of carbonyl (C=O) groups is 1. The monoisotopic (exact) mass is 107 g/mol. The molecule has 2 nitrogen and oxygen atoms in total. The van der Waals surface area contributed by atoms with Crippen molar-refractivity contribution in [2.75, 3.05) is 0 Å². The molecule has 0 heterocycles. The summed E-state index contributed by atoms with van der Waals surface area (Å²) in [6.45, 7) is 2.96. The fourth-order valence-corrected chi connectivity index (χ4v) is 0. The number of hydrogen-bond acceptors (Lipinski definition) is 1. The summed E-state index contributed by atoms with van der Waals surface area (Å²) in [5, 5.41) is 7.60. The van der Waals surface area contributed by atoms with E-state index in [1.807, 2.05) is 0 Å². The summed E-state index contributed by atoms with van der Waals surface area (Å²) in [7, 11) is 0. The summed E-state index contributed by atoms with van der Waals surface area (Å²) in [4.78, 5) is 9.25. The third kappa shape index (κ3) is 9.72. The quantitative estimate of drug-likeness (QED) is 0.369. The van der Waals surface area contributed by atoms with E-state index in [2.05, 4.69) is 6.58 Å². The highest BCUT2D eigenvalue weighted by Crippen LogP contribution is 1.54. The Hall–Kier alpha value is -0.500. The second kappa shape index (κ2) is 4.50. The Morgan fingerprint density at radius 1 is 1.83 bits per heavy atom. The van der Waals surface area contributed by atoms with Crippen LogP contribution < -0.4 is 12.4 Å². The van der Waals surface area contributed by atoms with Crippen LogP contribution in [-0.4, -0.2) is 11.1 Å². The van der Waals surface area contributed by atoms with Crippen LogP contribution in [0.25, 0.3) is 0 Å². The molecule has 0 saturated heterocycles. The molecule has 0 radical (unpaired) electrons. The number of carboxylic acid groups (broad SMARTS) is 1. The summed E-state index contributed by atoms with van der Waals surface area (Å²) in [6, 6.07) is 0. The van der Waals surface area contributed by atoms with Gasteiger partial charge in [0.05, 0.1) is 0 Å². The van der Waals surface area contributed by atoms with Crippen LogP contribution in [0, 0.1) is 0 Å². The van der Waals surface area contributed by atoms with Gasteiger partial charge >= 0.3 is 5.97 Å². The standard InChI is InChI=1S/C3H4O2.ClH/c1-2-3(4)5;/h2H,1H2,(H,4,5);1H/p-1. The lowest BCUT2D eigenvalue weighted by Gasteiger charge is -1.64. The smallest absolute Gasteiger partial charge is 0.327 e. The summed E-state index contributed by atoms with van der Waals surface area (Å²) in [5.74, 6) is -0.981. The highest BCUT2D eigenvalue weighted by molar-refractivity contribution is 5.78. The average Bonchev–Trinajstić information content (AvgIpc) is 1.38. The molecule has 0 amide bonds. The van der Waals surface area contributed by atoms with Gasteiger partial charge in [-0.3, -0.25) is 0 Å². The van der Waals surface area contributed by atoms with Crippen molar-refractivity contribution in [3.05, 3.63) is 12.7 Å². The van der Waals surface area contributed by atoms with Crippen LogP contribution in [-0.2, 0) is 4.79 Å². The lowest BCUT2D eigenvalue weighted by atomic mass is 10.7. The molecule has 0 aromatic heterocycles. The highest BCUT2D eigenvalue weighted by atomic mass is 35.5. The lowest BCUT2D eigenvalue weighted by Crippen LogP contribution is -3.00. The third-order valence-electron chi connectivity index (χ3n) is 0.175. The van der Waals surface area contributed by atoms with Gasteiger partial charge in [0.1, 0.15) is 0 Å². The molecule has 6 heavy (non-hydrogen) atoms. The number of aliphatic carboxylic acids is 1. The van der Waals surface area contributed by atoms with Gasteiger partial charge in [0.25, 0.3) is 0 Å². The minimum atomic E-state index is -0.981. The Balaban J connectivity index is 0.